The molecule has 0 spiro atoms. The van der Waals surface area contributed by atoms with Gasteiger partial charge in [0.15, 0.2) is 6.10 Å². The zero-order valence-corrected chi connectivity index (χ0v) is 14.9. The van der Waals surface area contributed by atoms with Crippen molar-refractivity contribution in [2.45, 2.75) is 50.0 Å². The van der Waals surface area contributed by atoms with Gasteiger partial charge in [0.1, 0.15) is 24.1 Å². The van der Waals surface area contributed by atoms with Crippen molar-refractivity contribution >= 4 is 17.6 Å². The predicted molar refractivity (Wildman–Crippen MR) is 91.4 cm³/mol. The lowest BCUT2D eigenvalue weighted by atomic mass is 9.94. The van der Waals surface area contributed by atoms with Crippen LogP contribution in [0.5, 0.6) is 5.75 Å². The maximum absolute atomic E-state index is 11.2. The van der Waals surface area contributed by atoms with Crippen molar-refractivity contribution in [1.82, 2.24) is 5.32 Å². The van der Waals surface area contributed by atoms with E-state index in [1.807, 2.05) is 13.0 Å². The predicted octanol–water partition coefficient (Wildman–Crippen LogP) is -0.140. The van der Waals surface area contributed by atoms with Gasteiger partial charge in [-0.1, -0.05) is 24.6 Å². The SMILES string of the molecule is C[C@H]1CNCCc2ccc(Cl)c(OC3O[C@H](C(=O)O)[C@@H](O)[C@H](O)[C@H]3O)c21. The minimum atomic E-state index is -1.77. The molecular weight excluding hydrogens is 366 g/mol. The van der Waals surface area contributed by atoms with E-state index in [4.69, 9.17) is 26.2 Å². The highest BCUT2D eigenvalue weighted by Gasteiger charge is 2.48. The number of carbonyl (C=O) groups is 1. The Kier molecular flexibility index (Phi) is 5.71. The van der Waals surface area contributed by atoms with Crippen LogP contribution in [0, 0.1) is 0 Å². The molecule has 8 nitrogen and oxygen atoms in total. The van der Waals surface area contributed by atoms with Crippen molar-refractivity contribution in [3.63, 3.8) is 0 Å². The molecule has 0 aromatic heterocycles. The van der Waals surface area contributed by atoms with Crippen LogP contribution >= 0.6 is 11.6 Å². The number of hydrogen-bond acceptors (Lipinski definition) is 7. The standard InChI is InChI=1S/C17H22ClNO7/c1-7-6-19-5-4-8-2-3-9(18)14(10(7)8)25-17-13(22)11(20)12(21)15(26-17)16(23)24/h2-3,7,11-13,15,17,19-22H,4-6H2,1H3,(H,23,24)/t7-,11-,12-,13+,15-,17?/m0/s1. The first-order valence-corrected chi connectivity index (χ1v) is 8.80. The highest BCUT2D eigenvalue weighted by atomic mass is 35.5. The topological polar surface area (TPSA) is 128 Å². The summed E-state index contributed by atoms with van der Waals surface area (Å²) in [5.74, 6) is -1.11. The van der Waals surface area contributed by atoms with E-state index in [0.29, 0.717) is 11.6 Å². The minimum Gasteiger partial charge on any atom is -0.479 e. The van der Waals surface area contributed by atoms with Crippen molar-refractivity contribution in [2.75, 3.05) is 13.1 Å². The number of aliphatic carboxylic acids is 1. The van der Waals surface area contributed by atoms with Crippen molar-refractivity contribution in [1.29, 1.82) is 0 Å². The van der Waals surface area contributed by atoms with Crippen LogP contribution in [0.25, 0.3) is 0 Å². The Balaban J connectivity index is 1.94. The van der Waals surface area contributed by atoms with Crippen molar-refractivity contribution in [3.8, 4) is 5.75 Å². The number of rotatable bonds is 3. The van der Waals surface area contributed by atoms with Gasteiger partial charge in [0.05, 0.1) is 5.02 Å². The van der Waals surface area contributed by atoms with Gasteiger partial charge in [-0.3, -0.25) is 0 Å². The lowest BCUT2D eigenvalue weighted by molar-refractivity contribution is -0.271. The largest absolute Gasteiger partial charge is 0.479 e. The van der Waals surface area contributed by atoms with Crippen LogP contribution in [0.3, 0.4) is 0 Å². The highest BCUT2D eigenvalue weighted by Crippen LogP contribution is 2.39. The Morgan fingerprint density at radius 2 is 2.00 bits per heavy atom. The molecule has 1 aromatic carbocycles. The van der Waals surface area contributed by atoms with Gasteiger partial charge in [-0.15, -0.1) is 0 Å². The zero-order valence-electron chi connectivity index (χ0n) is 14.1. The van der Waals surface area contributed by atoms with Crippen LogP contribution in [-0.4, -0.2) is 70.2 Å². The van der Waals surface area contributed by atoms with Crippen molar-refractivity contribution in [3.05, 3.63) is 28.3 Å². The summed E-state index contributed by atoms with van der Waals surface area (Å²) in [5, 5.41) is 42.7. The molecule has 2 aliphatic heterocycles. The maximum Gasteiger partial charge on any atom is 0.335 e. The molecule has 0 bridgehead atoms. The summed E-state index contributed by atoms with van der Waals surface area (Å²) in [6.07, 6.45) is -7.57. The zero-order chi connectivity index (χ0) is 19.0. The third-order valence-corrected chi connectivity index (χ3v) is 5.10. The summed E-state index contributed by atoms with van der Waals surface area (Å²) < 4.78 is 11.0. The van der Waals surface area contributed by atoms with Crippen LogP contribution in [0.1, 0.15) is 24.0 Å². The molecule has 2 heterocycles. The molecule has 1 unspecified atom stereocenters. The summed E-state index contributed by atoms with van der Waals surface area (Å²) in [6.45, 7) is 3.50. The van der Waals surface area contributed by atoms with E-state index in [1.54, 1.807) is 6.07 Å². The first-order chi connectivity index (χ1) is 12.3. The lowest BCUT2D eigenvalue weighted by Gasteiger charge is -2.39. The molecule has 1 aromatic rings. The Labute approximate surface area is 155 Å². The van der Waals surface area contributed by atoms with Gasteiger partial charge in [0, 0.05) is 12.1 Å². The van der Waals surface area contributed by atoms with Crippen LogP contribution in [-0.2, 0) is 16.0 Å². The van der Waals surface area contributed by atoms with Gasteiger partial charge >= 0.3 is 5.97 Å². The summed E-state index contributed by atoms with van der Waals surface area (Å²) in [6, 6.07) is 3.58. The van der Waals surface area contributed by atoms with E-state index in [2.05, 4.69) is 5.32 Å². The van der Waals surface area contributed by atoms with Gasteiger partial charge in [-0.25, -0.2) is 4.79 Å². The molecule has 0 radical (unpaired) electrons. The second kappa shape index (κ2) is 7.67. The normalized spacial score (nSPS) is 34.7. The molecule has 26 heavy (non-hydrogen) atoms. The number of aliphatic hydroxyl groups excluding tert-OH is 3. The molecule has 0 aliphatic carbocycles. The quantitative estimate of drug-likeness (QED) is 0.485. The van der Waals surface area contributed by atoms with E-state index in [9.17, 15) is 20.1 Å². The first kappa shape index (κ1) is 19.3. The average molecular weight is 388 g/mol. The summed E-state index contributed by atoms with van der Waals surface area (Å²) in [7, 11) is 0. The smallest absolute Gasteiger partial charge is 0.335 e. The number of carboxylic acid groups (broad SMARTS) is 1. The molecule has 9 heteroatoms. The molecule has 0 saturated carbocycles. The molecule has 3 rings (SSSR count). The Hall–Kier alpha value is -1.42. The number of halogens is 1. The average Bonchev–Trinajstić information content (AvgIpc) is 2.79. The monoisotopic (exact) mass is 387 g/mol. The fraction of sp³-hybridized carbons (Fsp3) is 0.588. The van der Waals surface area contributed by atoms with Crippen molar-refractivity contribution in [2.24, 2.45) is 0 Å². The third-order valence-electron chi connectivity index (χ3n) is 4.80. The Morgan fingerprint density at radius 1 is 1.27 bits per heavy atom. The van der Waals surface area contributed by atoms with Gasteiger partial charge < -0.3 is 35.2 Å². The minimum absolute atomic E-state index is 0.0627. The van der Waals surface area contributed by atoms with Gasteiger partial charge in [0.25, 0.3) is 0 Å². The van der Waals surface area contributed by atoms with Crippen molar-refractivity contribution < 1.29 is 34.7 Å². The van der Waals surface area contributed by atoms with Gasteiger partial charge in [-0.2, -0.15) is 0 Å². The van der Waals surface area contributed by atoms with Crippen LogP contribution < -0.4 is 10.1 Å². The van der Waals surface area contributed by atoms with Gasteiger partial charge in [0.2, 0.25) is 6.29 Å². The van der Waals surface area contributed by atoms with Crippen LogP contribution in [0.2, 0.25) is 5.02 Å². The fourth-order valence-electron chi connectivity index (χ4n) is 3.40. The number of nitrogens with one attached hydrogen (secondary N) is 1. The van der Waals surface area contributed by atoms with E-state index in [0.717, 1.165) is 24.1 Å². The fourth-order valence-corrected chi connectivity index (χ4v) is 3.61. The number of carboxylic acids is 1. The van der Waals surface area contributed by atoms with E-state index < -0.39 is 36.7 Å². The molecule has 1 saturated heterocycles. The molecule has 2 aliphatic rings. The summed E-state index contributed by atoms with van der Waals surface area (Å²) in [4.78, 5) is 11.2. The number of fused-ring (bicyclic) bond motifs is 1. The number of aliphatic hydroxyl groups is 3. The molecular formula is C17H22ClNO7. The Morgan fingerprint density at radius 3 is 2.69 bits per heavy atom. The van der Waals surface area contributed by atoms with E-state index in [-0.39, 0.29) is 11.7 Å². The first-order valence-electron chi connectivity index (χ1n) is 8.42. The third kappa shape index (κ3) is 3.53. The second-order valence-corrected chi connectivity index (χ2v) is 7.06. The molecule has 5 N–H and O–H groups in total. The number of ether oxygens (including phenoxy) is 2. The number of benzene rings is 1. The Bertz CT molecular complexity index is 685. The van der Waals surface area contributed by atoms with Crippen LogP contribution in [0.4, 0.5) is 0 Å². The molecule has 6 atom stereocenters. The lowest BCUT2D eigenvalue weighted by Crippen LogP contribution is -2.61. The second-order valence-electron chi connectivity index (χ2n) is 6.66. The number of hydrogen-bond donors (Lipinski definition) is 5. The van der Waals surface area contributed by atoms with Crippen LogP contribution in [0.15, 0.2) is 12.1 Å². The molecule has 144 valence electrons. The molecule has 0 amide bonds. The summed E-state index contributed by atoms with van der Waals surface area (Å²) >= 11 is 6.30. The molecule has 1 fully saturated rings. The highest BCUT2D eigenvalue weighted by molar-refractivity contribution is 6.32. The van der Waals surface area contributed by atoms with E-state index in [1.165, 1.54) is 0 Å². The van der Waals surface area contributed by atoms with E-state index >= 15 is 0 Å². The van der Waals surface area contributed by atoms with Gasteiger partial charge in [-0.05, 0) is 30.5 Å². The maximum atomic E-state index is 11.2. The summed E-state index contributed by atoms with van der Waals surface area (Å²) in [5.41, 5.74) is 1.88.